The quantitative estimate of drug-likeness (QED) is 0.788. The van der Waals surface area contributed by atoms with Crippen LogP contribution in [0.1, 0.15) is 11.3 Å². The lowest BCUT2D eigenvalue weighted by atomic mass is 10.1. The highest BCUT2D eigenvalue weighted by Crippen LogP contribution is 2.31. The van der Waals surface area contributed by atoms with E-state index in [9.17, 15) is 9.90 Å². The Balaban J connectivity index is 2.56. The van der Waals surface area contributed by atoms with Gasteiger partial charge in [-0.1, -0.05) is 12.1 Å². The predicted molar refractivity (Wildman–Crippen MR) is 58.3 cm³/mol. The van der Waals surface area contributed by atoms with Crippen molar-refractivity contribution >= 4 is 16.9 Å². The summed E-state index contributed by atoms with van der Waals surface area (Å²) in [6.45, 7) is 1.76. The number of benzene rings is 1. The van der Waals surface area contributed by atoms with Crippen LogP contribution in [-0.2, 0) is 16.0 Å². The van der Waals surface area contributed by atoms with Gasteiger partial charge in [-0.2, -0.15) is 0 Å². The lowest BCUT2D eigenvalue weighted by molar-refractivity contribution is -0.139. The molecule has 0 radical (unpaired) electrons. The Labute approximate surface area is 92.4 Å². The molecule has 16 heavy (non-hydrogen) atoms. The molecule has 0 bridgehead atoms. The summed E-state index contributed by atoms with van der Waals surface area (Å²) in [6, 6.07) is 5.07. The molecule has 0 spiro atoms. The molecule has 0 saturated carbocycles. The highest BCUT2D eigenvalue weighted by atomic mass is 16.5. The van der Waals surface area contributed by atoms with Gasteiger partial charge in [-0.3, -0.25) is 4.79 Å². The second kappa shape index (κ2) is 3.89. The maximum atomic E-state index is 11.2. The van der Waals surface area contributed by atoms with Gasteiger partial charge in [-0.25, -0.2) is 0 Å². The number of methoxy groups -OCH3 is 1. The molecule has 4 nitrogen and oxygen atoms in total. The molecule has 0 atom stereocenters. The Hall–Kier alpha value is -1.97. The minimum atomic E-state index is -0.325. The lowest BCUT2D eigenvalue weighted by Crippen LogP contribution is -2.04. The van der Waals surface area contributed by atoms with Crippen molar-refractivity contribution in [1.82, 2.24) is 0 Å². The standard InChI is InChI=1S/C12H12O4/c1-7-9(6-11(14)15-2)8-4-3-5-10(13)12(8)16-7/h3-5,13H,6H2,1-2H3. The topological polar surface area (TPSA) is 59.7 Å². The zero-order valence-electron chi connectivity index (χ0n) is 9.11. The summed E-state index contributed by atoms with van der Waals surface area (Å²) in [5, 5.41) is 10.3. The molecule has 0 unspecified atom stereocenters. The number of ether oxygens (including phenoxy) is 1. The maximum absolute atomic E-state index is 11.2. The van der Waals surface area contributed by atoms with Crippen LogP contribution in [-0.4, -0.2) is 18.2 Å². The predicted octanol–water partition coefficient (Wildman–Crippen LogP) is 2.16. The van der Waals surface area contributed by atoms with Gasteiger partial charge in [0, 0.05) is 10.9 Å². The number of rotatable bonds is 2. The van der Waals surface area contributed by atoms with Crippen molar-refractivity contribution < 1.29 is 19.1 Å². The summed E-state index contributed by atoms with van der Waals surface area (Å²) in [4.78, 5) is 11.2. The second-order valence-corrected chi connectivity index (χ2v) is 3.54. The lowest BCUT2D eigenvalue weighted by Gasteiger charge is -1.98. The molecule has 0 aliphatic carbocycles. The van der Waals surface area contributed by atoms with Gasteiger partial charge in [0.05, 0.1) is 13.5 Å². The third-order valence-corrected chi connectivity index (χ3v) is 2.55. The van der Waals surface area contributed by atoms with Gasteiger partial charge in [-0.05, 0) is 13.0 Å². The van der Waals surface area contributed by atoms with Gasteiger partial charge >= 0.3 is 5.97 Å². The summed E-state index contributed by atoms with van der Waals surface area (Å²) in [5.74, 6) is 0.382. The van der Waals surface area contributed by atoms with Crippen LogP contribution >= 0.6 is 0 Å². The second-order valence-electron chi connectivity index (χ2n) is 3.54. The van der Waals surface area contributed by atoms with E-state index in [-0.39, 0.29) is 18.1 Å². The smallest absolute Gasteiger partial charge is 0.310 e. The van der Waals surface area contributed by atoms with Crippen LogP contribution < -0.4 is 0 Å². The van der Waals surface area contributed by atoms with E-state index >= 15 is 0 Å². The van der Waals surface area contributed by atoms with Crippen molar-refractivity contribution in [2.75, 3.05) is 7.11 Å². The molecular formula is C12H12O4. The number of hydrogen-bond acceptors (Lipinski definition) is 4. The van der Waals surface area contributed by atoms with Gasteiger partial charge in [0.25, 0.3) is 0 Å². The molecule has 0 saturated heterocycles. The Kier molecular flexibility index (Phi) is 2.56. The van der Waals surface area contributed by atoms with E-state index in [0.717, 1.165) is 10.9 Å². The fraction of sp³-hybridized carbons (Fsp3) is 0.250. The molecule has 2 aromatic rings. The molecule has 1 N–H and O–H groups in total. The van der Waals surface area contributed by atoms with Gasteiger partial charge < -0.3 is 14.3 Å². The van der Waals surface area contributed by atoms with E-state index in [1.807, 2.05) is 6.07 Å². The van der Waals surface area contributed by atoms with E-state index in [1.54, 1.807) is 19.1 Å². The summed E-state index contributed by atoms with van der Waals surface area (Å²) in [7, 11) is 1.34. The fourth-order valence-electron chi connectivity index (χ4n) is 1.71. The van der Waals surface area contributed by atoms with Crippen LogP contribution in [0.4, 0.5) is 0 Å². The minimum Gasteiger partial charge on any atom is -0.504 e. The minimum absolute atomic E-state index is 0.0803. The van der Waals surface area contributed by atoms with E-state index < -0.39 is 0 Å². The largest absolute Gasteiger partial charge is 0.504 e. The molecule has 0 fully saturated rings. The number of para-hydroxylation sites is 1. The van der Waals surface area contributed by atoms with Crippen molar-refractivity contribution in [3.05, 3.63) is 29.5 Å². The van der Waals surface area contributed by atoms with E-state index in [1.165, 1.54) is 7.11 Å². The highest BCUT2D eigenvalue weighted by Gasteiger charge is 2.16. The molecule has 1 heterocycles. The van der Waals surface area contributed by atoms with Crippen LogP contribution in [0, 0.1) is 6.92 Å². The number of furan rings is 1. The third-order valence-electron chi connectivity index (χ3n) is 2.55. The van der Waals surface area contributed by atoms with Gasteiger partial charge in [-0.15, -0.1) is 0 Å². The summed E-state index contributed by atoms with van der Waals surface area (Å²) < 4.78 is 10.0. The summed E-state index contributed by atoms with van der Waals surface area (Å²) in [6.07, 6.45) is 0.152. The van der Waals surface area contributed by atoms with Crippen molar-refractivity contribution in [2.24, 2.45) is 0 Å². The maximum Gasteiger partial charge on any atom is 0.310 e. The number of aryl methyl sites for hydroxylation is 1. The first-order valence-corrected chi connectivity index (χ1v) is 4.90. The number of phenols is 1. The number of hydrogen-bond donors (Lipinski definition) is 1. The molecule has 4 heteroatoms. The van der Waals surface area contributed by atoms with Crippen LogP contribution in [0.3, 0.4) is 0 Å². The van der Waals surface area contributed by atoms with Crippen molar-refractivity contribution in [2.45, 2.75) is 13.3 Å². The molecule has 0 aliphatic heterocycles. The van der Waals surface area contributed by atoms with E-state index in [4.69, 9.17) is 4.42 Å². The molecule has 84 valence electrons. The van der Waals surface area contributed by atoms with Gasteiger partial charge in [0.15, 0.2) is 11.3 Å². The number of esters is 1. The summed E-state index contributed by atoms with van der Waals surface area (Å²) >= 11 is 0. The average molecular weight is 220 g/mol. The van der Waals surface area contributed by atoms with E-state index in [2.05, 4.69) is 4.74 Å². The average Bonchev–Trinajstić information content (AvgIpc) is 2.58. The number of aromatic hydroxyl groups is 1. The van der Waals surface area contributed by atoms with Crippen molar-refractivity contribution in [3.8, 4) is 5.75 Å². The first-order chi connectivity index (χ1) is 7.63. The monoisotopic (exact) mass is 220 g/mol. The van der Waals surface area contributed by atoms with Crippen LogP contribution in [0.5, 0.6) is 5.75 Å². The molecule has 0 aliphatic rings. The van der Waals surface area contributed by atoms with Crippen LogP contribution in [0.15, 0.2) is 22.6 Å². The van der Waals surface area contributed by atoms with Gasteiger partial charge in [0.1, 0.15) is 5.76 Å². The normalized spacial score (nSPS) is 10.6. The molecule has 0 amide bonds. The number of carbonyl (C=O) groups excluding carboxylic acids is 1. The van der Waals surface area contributed by atoms with Crippen LogP contribution in [0.25, 0.3) is 11.0 Å². The van der Waals surface area contributed by atoms with E-state index in [0.29, 0.717) is 11.3 Å². The molecular weight excluding hydrogens is 208 g/mol. The molecule has 2 rings (SSSR count). The van der Waals surface area contributed by atoms with Gasteiger partial charge in [0.2, 0.25) is 0 Å². The number of phenolic OH excluding ortho intramolecular Hbond substituents is 1. The Morgan fingerprint density at radius 1 is 1.50 bits per heavy atom. The third kappa shape index (κ3) is 1.62. The zero-order valence-corrected chi connectivity index (χ0v) is 9.11. The number of fused-ring (bicyclic) bond motifs is 1. The zero-order chi connectivity index (χ0) is 11.7. The SMILES string of the molecule is COC(=O)Cc1c(C)oc2c(O)cccc12. The fourth-order valence-corrected chi connectivity index (χ4v) is 1.71. The Morgan fingerprint density at radius 2 is 2.25 bits per heavy atom. The molecule has 1 aromatic carbocycles. The Bertz CT molecular complexity index is 539. The van der Waals surface area contributed by atoms with Crippen molar-refractivity contribution in [1.29, 1.82) is 0 Å². The first-order valence-electron chi connectivity index (χ1n) is 4.90. The molecule has 1 aromatic heterocycles. The van der Waals surface area contributed by atoms with Crippen molar-refractivity contribution in [3.63, 3.8) is 0 Å². The Morgan fingerprint density at radius 3 is 2.94 bits per heavy atom. The summed E-state index contributed by atoms with van der Waals surface area (Å²) in [5.41, 5.74) is 1.18. The van der Waals surface area contributed by atoms with Crippen LogP contribution in [0.2, 0.25) is 0 Å². The number of carbonyl (C=O) groups is 1. The first kappa shape index (κ1) is 10.5. The highest BCUT2D eigenvalue weighted by molar-refractivity contribution is 5.90.